The van der Waals surface area contributed by atoms with Crippen molar-refractivity contribution in [1.82, 2.24) is 4.98 Å². The fraction of sp³-hybridized carbons (Fsp3) is 0.118. The van der Waals surface area contributed by atoms with Gasteiger partial charge in [-0.3, -0.25) is 4.98 Å². The molecule has 20 heavy (non-hydrogen) atoms. The summed E-state index contributed by atoms with van der Waals surface area (Å²) in [7, 11) is 0. The molecule has 3 heteroatoms. The molecule has 0 aliphatic carbocycles. The normalized spacial score (nSPS) is 12.4. The number of aliphatic hydroxyl groups is 1. The van der Waals surface area contributed by atoms with Crippen LogP contribution in [0.4, 0.5) is 0 Å². The Balaban J connectivity index is 1.73. The van der Waals surface area contributed by atoms with E-state index in [-0.39, 0.29) is 0 Å². The monoisotopic (exact) mass is 265 g/mol. The van der Waals surface area contributed by atoms with Crippen LogP contribution in [0.1, 0.15) is 17.4 Å². The van der Waals surface area contributed by atoms with Gasteiger partial charge in [0.2, 0.25) is 0 Å². The van der Waals surface area contributed by atoms with Crippen molar-refractivity contribution < 1.29 is 9.84 Å². The average molecular weight is 265 g/mol. The summed E-state index contributed by atoms with van der Waals surface area (Å²) < 4.78 is 5.49. The van der Waals surface area contributed by atoms with E-state index in [0.717, 1.165) is 21.9 Å². The lowest BCUT2D eigenvalue weighted by Gasteiger charge is -2.13. The molecule has 0 aliphatic heterocycles. The van der Waals surface area contributed by atoms with Gasteiger partial charge in [0.15, 0.2) is 6.29 Å². The third kappa shape index (κ3) is 2.85. The molecule has 1 N–H and O–H groups in total. The fourth-order valence-electron chi connectivity index (χ4n) is 2.11. The summed E-state index contributed by atoms with van der Waals surface area (Å²) in [6.45, 7) is 0.358. The number of nitrogens with zero attached hydrogens (tertiary/aromatic N) is 1. The highest BCUT2D eigenvalue weighted by Crippen LogP contribution is 2.21. The predicted octanol–water partition coefficient (Wildman–Crippen LogP) is 3.44. The van der Waals surface area contributed by atoms with E-state index >= 15 is 0 Å². The lowest BCUT2D eigenvalue weighted by atomic mass is 10.1. The summed E-state index contributed by atoms with van der Waals surface area (Å²) in [5.41, 5.74) is 1.75. The zero-order valence-corrected chi connectivity index (χ0v) is 10.9. The summed E-state index contributed by atoms with van der Waals surface area (Å²) in [4.78, 5) is 3.95. The second kappa shape index (κ2) is 5.82. The number of rotatable bonds is 4. The molecule has 1 atom stereocenters. The van der Waals surface area contributed by atoms with Gasteiger partial charge in [-0.2, -0.15) is 0 Å². The van der Waals surface area contributed by atoms with E-state index in [2.05, 4.69) is 4.98 Å². The number of aliphatic hydroxyl groups excluding tert-OH is 1. The molecule has 0 bridgehead atoms. The van der Waals surface area contributed by atoms with Gasteiger partial charge in [-0.25, -0.2) is 0 Å². The van der Waals surface area contributed by atoms with Crippen LogP contribution in [0.5, 0.6) is 0 Å². The predicted molar refractivity (Wildman–Crippen MR) is 77.9 cm³/mol. The molecule has 0 fully saturated rings. The molecule has 0 spiro atoms. The molecule has 2 aromatic carbocycles. The Morgan fingerprint density at radius 1 is 0.950 bits per heavy atom. The van der Waals surface area contributed by atoms with E-state index in [1.54, 1.807) is 12.4 Å². The van der Waals surface area contributed by atoms with E-state index < -0.39 is 6.29 Å². The molecule has 3 aromatic rings. The minimum absolute atomic E-state index is 0.358. The van der Waals surface area contributed by atoms with Crippen LogP contribution in [0.3, 0.4) is 0 Å². The van der Waals surface area contributed by atoms with E-state index in [1.807, 2.05) is 54.6 Å². The molecule has 1 aromatic heterocycles. The smallest absolute Gasteiger partial charge is 0.181 e. The number of hydrogen-bond acceptors (Lipinski definition) is 3. The van der Waals surface area contributed by atoms with Gasteiger partial charge in [-0.05, 0) is 34.5 Å². The van der Waals surface area contributed by atoms with Gasteiger partial charge in [-0.15, -0.1) is 0 Å². The van der Waals surface area contributed by atoms with Gasteiger partial charge in [0, 0.05) is 18.0 Å². The van der Waals surface area contributed by atoms with Crippen LogP contribution in [0, 0.1) is 0 Å². The van der Waals surface area contributed by atoms with Crippen molar-refractivity contribution in [3.05, 3.63) is 78.1 Å². The van der Waals surface area contributed by atoms with Crippen molar-refractivity contribution in [1.29, 1.82) is 0 Å². The molecule has 0 aliphatic rings. The molecule has 3 nitrogen and oxygen atoms in total. The Morgan fingerprint density at radius 2 is 1.70 bits per heavy atom. The molecule has 0 saturated carbocycles. The van der Waals surface area contributed by atoms with Gasteiger partial charge < -0.3 is 9.84 Å². The highest BCUT2D eigenvalue weighted by Gasteiger charge is 2.08. The first-order valence-corrected chi connectivity index (χ1v) is 6.50. The SMILES string of the molecule is OC(OCc1ccncc1)c1ccc2ccccc2c1. The number of aromatic nitrogens is 1. The Morgan fingerprint density at radius 3 is 2.50 bits per heavy atom. The Hall–Kier alpha value is -2.23. The van der Waals surface area contributed by atoms with Crippen molar-refractivity contribution in [2.75, 3.05) is 0 Å². The summed E-state index contributed by atoms with van der Waals surface area (Å²) in [5.74, 6) is 0. The number of fused-ring (bicyclic) bond motifs is 1. The molecule has 3 rings (SSSR count). The number of pyridine rings is 1. The first-order valence-electron chi connectivity index (χ1n) is 6.50. The third-order valence-corrected chi connectivity index (χ3v) is 3.22. The fourth-order valence-corrected chi connectivity index (χ4v) is 2.11. The van der Waals surface area contributed by atoms with Gasteiger partial charge in [0.25, 0.3) is 0 Å². The van der Waals surface area contributed by atoms with Crippen LogP contribution >= 0.6 is 0 Å². The van der Waals surface area contributed by atoms with Crippen LogP contribution in [0.15, 0.2) is 67.0 Å². The van der Waals surface area contributed by atoms with Gasteiger partial charge in [0.1, 0.15) is 0 Å². The Labute approximate surface area is 117 Å². The lowest BCUT2D eigenvalue weighted by Crippen LogP contribution is -2.03. The highest BCUT2D eigenvalue weighted by atomic mass is 16.6. The maximum atomic E-state index is 10.1. The Bertz CT molecular complexity index is 697. The van der Waals surface area contributed by atoms with Crippen molar-refractivity contribution in [3.63, 3.8) is 0 Å². The quantitative estimate of drug-likeness (QED) is 0.735. The highest BCUT2D eigenvalue weighted by molar-refractivity contribution is 5.83. The van der Waals surface area contributed by atoms with Crippen LogP contribution < -0.4 is 0 Å². The van der Waals surface area contributed by atoms with Gasteiger partial charge >= 0.3 is 0 Å². The van der Waals surface area contributed by atoms with Crippen LogP contribution in [0.2, 0.25) is 0 Å². The molecule has 0 amide bonds. The van der Waals surface area contributed by atoms with Gasteiger partial charge in [-0.1, -0.05) is 36.4 Å². The van der Waals surface area contributed by atoms with Crippen LogP contribution in [-0.4, -0.2) is 10.1 Å². The topological polar surface area (TPSA) is 42.4 Å². The first kappa shape index (κ1) is 12.8. The minimum atomic E-state index is -0.923. The standard InChI is InChI=1S/C17H15NO2/c19-17(20-12-13-7-9-18-10-8-13)16-6-5-14-3-1-2-4-15(14)11-16/h1-11,17,19H,12H2. The lowest BCUT2D eigenvalue weighted by molar-refractivity contribution is -0.111. The molecule has 1 unspecified atom stereocenters. The first-order chi connectivity index (χ1) is 9.83. The molecule has 1 heterocycles. The van der Waals surface area contributed by atoms with Crippen molar-refractivity contribution in [2.45, 2.75) is 12.9 Å². The summed E-state index contributed by atoms with van der Waals surface area (Å²) in [5, 5.41) is 12.3. The van der Waals surface area contributed by atoms with Crippen LogP contribution in [0.25, 0.3) is 10.8 Å². The summed E-state index contributed by atoms with van der Waals surface area (Å²) in [6.07, 6.45) is 2.50. The second-order valence-electron chi connectivity index (χ2n) is 4.63. The van der Waals surface area contributed by atoms with Gasteiger partial charge in [0.05, 0.1) is 6.61 Å². The molecule has 0 radical (unpaired) electrons. The van der Waals surface area contributed by atoms with E-state index in [0.29, 0.717) is 6.61 Å². The maximum Gasteiger partial charge on any atom is 0.181 e. The van der Waals surface area contributed by atoms with E-state index in [1.165, 1.54) is 0 Å². The van der Waals surface area contributed by atoms with Crippen molar-refractivity contribution >= 4 is 10.8 Å². The van der Waals surface area contributed by atoms with E-state index in [9.17, 15) is 5.11 Å². The number of hydrogen-bond donors (Lipinski definition) is 1. The van der Waals surface area contributed by atoms with Crippen molar-refractivity contribution in [2.24, 2.45) is 0 Å². The minimum Gasteiger partial charge on any atom is -0.364 e. The number of benzene rings is 2. The zero-order valence-electron chi connectivity index (χ0n) is 10.9. The van der Waals surface area contributed by atoms with Crippen LogP contribution in [-0.2, 0) is 11.3 Å². The maximum absolute atomic E-state index is 10.1. The molecular weight excluding hydrogens is 250 g/mol. The second-order valence-corrected chi connectivity index (χ2v) is 4.63. The molecule has 0 saturated heterocycles. The van der Waals surface area contributed by atoms with Crippen molar-refractivity contribution in [3.8, 4) is 0 Å². The molecular formula is C17H15NO2. The zero-order chi connectivity index (χ0) is 13.8. The number of ether oxygens (including phenoxy) is 1. The average Bonchev–Trinajstić information content (AvgIpc) is 2.53. The Kier molecular flexibility index (Phi) is 3.72. The third-order valence-electron chi connectivity index (χ3n) is 3.22. The van der Waals surface area contributed by atoms with E-state index in [4.69, 9.17) is 4.74 Å². The summed E-state index contributed by atoms with van der Waals surface area (Å²) in [6, 6.07) is 17.6. The summed E-state index contributed by atoms with van der Waals surface area (Å²) >= 11 is 0. The largest absolute Gasteiger partial charge is 0.364 e. The molecule has 100 valence electrons.